The Morgan fingerprint density at radius 3 is 2.50 bits per heavy atom. The van der Waals surface area contributed by atoms with Crippen molar-refractivity contribution >= 4 is 23.6 Å². The van der Waals surface area contributed by atoms with Crippen LogP contribution >= 0.6 is 0 Å². The lowest BCUT2D eigenvalue weighted by Gasteiger charge is -2.11. The minimum Gasteiger partial charge on any atom is -0.497 e. The summed E-state index contributed by atoms with van der Waals surface area (Å²) in [5.41, 5.74) is 2.64. The van der Waals surface area contributed by atoms with Crippen LogP contribution in [0.5, 0.6) is 5.75 Å². The number of carbonyl (C=O) groups excluding carboxylic acids is 2. The summed E-state index contributed by atoms with van der Waals surface area (Å²) < 4.78 is 5.14. The number of ether oxygens (including phenoxy) is 1. The third kappa shape index (κ3) is 4.71. The molecule has 0 atom stereocenters. The first-order valence-corrected chi connectivity index (χ1v) is 7.50. The lowest BCUT2D eigenvalue weighted by atomic mass is 10.1. The maximum absolute atomic E-state index is 12.5. The Labute approximate surface area is 141 Å². The molecule has 0 aliphatic rings. The van der Waals surface area contributed by atoms with Crippen molar-refractivity contribution in [2.45, 2.75) is 13.8 Å². The van der Waals surface area contributed by atoms with E-state index < -0.39 is 5.91 Å². The van der Waals surface area contributed by atoms with Gasteiger partial charge in [0.2, 0.25) is 5.91 Å². The number of carbonyl (C=O) groups is 2. The first kappa shape index (κ1) is 17.3. The van der Waals surface area contributed by atoms with E-state index in [0.717, 1.165) is 11.1 Å². The summed E-state index contributed by atoms with van der Waals surface area (Å²) in [6.45, 7) is 3.31. The molecule has 0 radical (unpaired) electrons. The Kier molecular flexibility index (Phi) is 5.73. The largest absolute Gasteiger partial charge is 0.497 e. The lowest BCUT2D eigenvalue weighted by Crippen LogP contribution is -2.29. The van der Waals surface area contributed by atoms with Crippen LogP contribution < -0.4 is 15.4 Å². The van der Waals surface area contributed by atoms with Gasteiger partial charge in [-0.15, -0.1) is 0 Å². The molecule has 0 heterocycles. The smallest absolute Gasteiger partial charge is 0.272 e. The third-order valence-corrected chi connectivity index (χ3v) is 3.37. The van der Waals surface area contributed by atoms with E-state index in [1.165, 1.54) is 6.92 Å². The standard InChI is InChI=1S/C19H20N2O3/c1-13-7-4-5-8-15(13)11-18(20-14(2)22)19(23)21-16-9-6-10-17(12-16)24-3/h4-12H,1-3H3,(H,20,22)(H,21,23)/b18-11-. The molecule has 2 aromatic rings. The summed E-state index contributed by atoms with van der Waals surface area (Å²) in [5, 5.41) is 5.34. The Morgan fingerprint density at radius 1 is 1.08 bits per heavy atom. The Hall–Kier alpha value is -3.08. The zero-order valence-corrected chi connectivity index (χ0v) is 13.9. The molecule has 0 spiro atoms. The molecule has 0 aliphatic heterocycles. The van der Waals surface area contributed by atoms with Gasteiger partial charge < -0.3 is 15.4 Å². The number of amides is 2. The highest BCUT2D eigenvalue weighted by molar-refractivity contribution is 6.08. The predicted octanol–water partition coefficient (Wildman–Crippen LogP) is 3.12. The van der Waals surface area contributed by atoms with E-state index in [0.29, 0.717) is 11.4 Å². The maximum Gasteiger partial charge on any atom is 0.272 e. The molecule has 0 aliphatic carbocycles. The fourth-order valence-electron chi connectivity index (χ4n) is 2.15. The molecule has 124 valence electrons. The monoisotopic (exact) mass is 324 g/mol. The normalized spacial score (nSPS) is 10.9. The molecule has 5 nitrogen and oxygen atoms in total. The van der Waals surface area contributed by atoms with Crippen molar-refractivity contribution in [3.05, 3.63) is 65.4 Å². The zero-order chi connectivity index (χ0) is 17.5. The third-order valence-electron chi connectivity index (χ3n) is 3.37. The molecule has 24 heavy (non-hydrogen) atoms. The maximum atomic E-state index is 12.5. The van der Waals surface area contributed by atoms with Crippen molar-refractivity contribution in [3.8, 4) is 5.75 Å². The van der Waals surface area contributed by atoms with Crippen LogP contribution in [-0.2, 0) is 9.59 Å². The van der Waals surface area contributed by atoms with Crippen LogP contribution in [0.1, 0.15) is 18.1 Å². The van der Waals surface area contributed by atoms with Gasteiger partial charge in [0.15, 0.2) is 0 Å². The van der Waals surface area contributed by atoms with E-state index in [9.17, 15) is 9.59 Å². The van der Waals surface area contributed by atoms with Gasteiger partial charge in [0.1, 0.15) is 11.4 Å². The van der Waals surface area contributed by atoms with Crippen LogP contribution in [-0.4, -0.2) is 18.9 Å². The van der Waals surface area contributed by atoms with Crippen molar-refractivity contribution in [1.29, 1.82) is 0 Å². The molecule has 0 fully saturated rings. The molecule has 0 aromatic heterocycles. The van der Waals surface area contributed by atoms with Gasteiger partial charge in [0.25, 0.3) is 5.91 Å². The Morgan fingerprint density at radius 2 is 1.83 bits per heavy atom. The number of benzene rings is 2. The summed E-state index contributed by atoms with van der Waals surface area (Å²) >= 11 is 0. The molecule has 2 N–H and O–H groups in total. The van der Waals surface area contributed by atoms with Crippen LogP contribution in [0.3, 0.4) is 0 Å². The molecule has 0 bridgehead atoms. The highest BCUT2D eigenvalue weighted by Crippen LogP contribution is 2.18. The number of hydrogen-bond acceptors (Lipinski definition) is 3. The second-order valence-electron chi connectivity index (χ2n) is 5.28. The molecule has 0 saturated heterocycles. The first-order valence-electron chi connectivity index (χ1n) is 7.50. The molecular formula is C19H20N2O3. The second kappa shape index (κ2) is 7.97. The topological polar surface area (TPSA) is 67.4 Å². The van der Waals surface area contributed by atoms with Gasteiger partial charge >= 0.3 is 0 Å². The van der Waals surface area contributed by atoms with E-state index in [-0.39, 0.29) is 11.6 Å². The summed E-state index contributed by atoms with van der Waals surface area (Å²) in [5.74, 6) is -0.0749. The minimum atomic E-state index is -0.401. The second-order valence-corrected chi connectivity index (χ2v) is 5.28. The van der Waals surface area contributed by atoms with Gasteiger partial charge in [-0.1, -0.05) is 30.3 Å². The summed E-state index contributed by atoms with van der Waals surface area (Å²) in [6, 6.07) is 14.6. The predicted molar refractivity (Wildman–Crippen MR) is 94.6 cm³/mol. The van der Waals surface area contributed by atoms with Crippen LogP contribution in [0.2, 0.25) is 0 Å². The molecule has 2 rings (SSSR count). The van der Waals surface area contributed by atoms with Crippen molar-refractivity contribution in [3.63, 3.8) is 0 Å². The van der Waals surface area contributed by atoms with E-state index in [1.54, 1.807) is 37.5 Å². The van der Waals surface area contributed by atoms with Gasteiger partial charge in [-0.05, 0) is 36.3 Å². The van der Waals surface area contributed by atoms with Crippen LogP contribution in [0, 0.1) is 6.92 Å². The van der Waals surface area contributed by atoms with E-state index in [1.807, 2.05) is 31.2 Å². The average Bonchev–Trinajstić information content (AvgIpc) is 2.56. The van der Waals surface area contributed by atoms with E-state index in [2.05, 4.69) is 10.6 Å². The van der Waals surface area contributed by atoms with Crippen molar-refractivity contribution < 1.29 is 14.3 Å². The number of anilines is 1. The van der Waals surface area contributed by atoms with Gasteiger partial charge in [-0.3, -0.25) is 9.59 Å². The molecule has 2 aromatic carbocycles. The SMILES string of the molecule is COc1cccc(NC(=O)/C(=C/c2ccccc2C)NC(C)=O)c1. The van der Waals surface area contributed by atoms with Gasteiger partial charge in [0, 0.05) is 18.7 Å². The summed E-state index contributed by atoms with van der Waals surface area (Å²) in [6.07, 6.45) is 1.66. The van der Waals surface area contributed by atoms with Crippen molar-refractivity contribution in [1.82, 2.24) is 5.32 Å². The van der Waals surface area contributed by atoms with Crippen molar-refractivity contribution in [2.75, 3.05) is 12.4 Å². The molecule has 2 amide bonds. The van der Waals surface area contributed by atoms with Gasteiger partial charge in [0.05, 0.1) is 7.11 Å². The quantitative estimate of drug-likeness (QED) is 0.830. The van der Waals surface area contributed by atoms with Gasteiger partial charge in [-0.2, -0.15) is 0 Å². The van der Waals surface area contributed by atoms with Crippen molar-refractivity contribution in [2.24, 2.45) is 0 Å². The first-order chi connectivity index (χ1) is 11.5. The Bertz CT molecular complexity index is 782. The fraction of sp³-hybridized carbons (Fsp3) is 0.158. The highest BCUT2D eigenvalue weighted by Gasteiger charge is 2.12. The number of rotatable bonds is 5. The highest BCUT2D eigenvalue weighted by atomic mass is 16.5. The Balaban J connectivity index is 2.28. The number of methoxy groups -OCH3 is 1. The van der Waals surface area contributed by atoms with Crippen LogP contribution in [0.4, 0.5) is 5.69 Å². The molecule has 0 unspecified atom stereocenters. The minimum absolute atomic E-state index is 0.180. The van der Waals surface area contributed by atoms with Crippen LogP contribution in [0.25, 0.3) is 6.08 Å². The molecule has 0 saturated carbocycles. The summed E-state index contributed by atoms with van der Waals surface area (Å²) in [7, 11) is 1.56. The van der Waals surface area contributed by atoms with Crippen LogP contribution in [0.15, 0.2) is 54.2 Å². The number of hydrogen-bond donors (Lipinski definition) is 2. The average molecular weight is 324 g/mol. The zero-order valence-electron chi connectivity index (χ0n) is 13.9. The summed E-state index contributed by atoms with van der Waals surface area (Å²) in [4.78, 5) is 24.0. The molecular weight excluding hydrogens is 304 g/mol. The van der Waals surface area contributed by atoms with E-state index in [4.69, 9.17) is 4.74 Å². The fourth-order valence-corrected chi connectivity index (χ4v) is 2.15. The molecule has 5 heteroatoms. The number of aryl methyl sites for hydroxylation is 1. The number of nitrogens with one attached hydrogen (secondary N) is 2. The van der Waals surface area contributed by atoms with E-state index >= 15 is 0 Å². The van der Waals surface area contributed by atoms with Gasteiger partial charge in [-0.25, -0.2) is 0 Å². The lowest BCUT2D eigenvalue weighted by molar-refractivity contribution is -0.120.